The Morgan fingerprint density at radius 3 is 2.58 bits per heavy atom. The highest BCUT2D eigenvalue weighted by atomic mass is 16.5. The molecular formula is C21H19N3O2. The quantitative estimate of drug-likeness (QED) is 0.873. The molecule has 0 bridgehead atoms. The van der Waals surface area contributed by atoms with Crippen molar-refractivity contribution in [1.82, 2.24) is 0 Å². The molecule has 5 heteroatoms. The topological polar surface area (TPSA) is 94.3 Å². The first-order valence-electron chi connectivity index (χ1n) is 8.41. The molecule has 3 unspecified atom stereocenters. The van der Waals surface area contributed by atoms with E-state index in [2.05, 4.69) is 18.2 Å². The lowest BCUT2D eigenvalue weighted by atomic mass is 9.71. The number of benzene rings is 2. The van der Waals surface area contributed by atoms with Crippen molar-refractivity contribution in [2.24, 2.45) is 17.4 Å². The molecular weight excluding hydrogens is 326 g/mol. The van der Waals surface area contributed by atoms with E-state index in [0.29, 0.717) is 17.0 Å². The molecule has 1 aliphatic carbocycles. The molecule has 3 atom stereocenters. The zero-order chi connectivity index (χ0) is 18.3. The number of rotatable bonds is 2. The smallest absolute Gasteiger partial charge is 0.128 e. The van der Waals surface area contributed by atoms with E-state index >= 15 is 0 Å². The van der Waals surface area contributed by atoms with E-state index in [1.165, 1.54) is 0 Å². The van der Waals surface area contributed by atoms with Gasteiger partial charge in [-0.25, -0.2) is 0 Å². The Kier molecular flexibility index (Phi) is 3.81. The second kappa shape index (κ2) is 6.16. The van der Waals surface area contributed by atoms with E-state index in [1.54, 1.807) is 13.2 Å². The third kappa shape index (κ3) is 2.39. The van der Waals surface area contributed by atoms with Crippen LogP contribution < -0.4 is 20.9 Å². The highest BCUT2D eigenvalue weighted by molar-refractivity contribution is 5.55. The lowest BCUT2D eigenvalue weighted by Crippen LogP contribution is -2.42. The van der Waals surface area contributed by atoms with Crippen LogP contribution in [0.25, 0.3) is 0 Å². The van der Waals surface area contributed by atoms with Gasteiger partial charge in [0.15, 0.2) is 0 Å². The number of fused-ring (bicyclic) bond motifs is 2. The Morgan fingerprint density at radius 2 is 1.88 bits per heavy atom. The number of nitriles is 1. The predicted molar refractivity (Wildman–Crippen MR) is 98.3 cm³/mol. The summed E-state index contributed by atoms with van der Waals surface area (Å²) in [6.07, 6.45) is 1.45. The van der Waals surface area contributed by atoms with E-state index in [-0.39, 0.29) is 17.9 Å². The molecule has 26 heavy (non-hydrogen) atoms. The average Bonchev–Trinajstić information content (AvgIpc) is 2.66. The molecule has 1 aliphatic heterocycles. The van der Waals surface area contributed by atoms with Crippen molar-refractivity contribution in [1.29, 1.82) is 5.26 Å². The van der Waals surface area contributed by atoms with Gasteiger partial charge in [0.1, 0.15) is 23.7 Å². The molecule has 0 saturated carbocycles. The Hall–Kier alpha value is -3.39. The molecule has 2 aliphatic rings. The Morgan fingerprint density at radius 1 is 1.12 bits per heavy atom. The van der Waals surface area contributed by atoms with Crippen LogP contribution in [0.1, 0.15) is 17.0 Å². The minimum atomic E-state index is -0.336. The zero-order valence-corrected chi connectivity index (χ0v) is 14.3. The standard InChI is InChI=1S/C21H19N3O2/c1-25-13-7-8-14-17(9-13)26-18-10-16(23)15(11-22)21(24)20(18)19(14)12-5-3-2-4-6-12/h2-10,18-20H,23-24H2,1H3. The number of allylic oxidation sites excluding steroid dienone is 1. The third-order valence-corrected chi connectivity index (χ3v) is 5.08. The van der Waals surface area contributed by atoms with Gasteiger partial charge in [0, 0.05) is 23.2 Å². The first-order valence-corrected chi connectivity index (χ1v) is 8.41. The SMILES string of the molecule is COc1ccc2c(c1)OC1C=C(N)C(C#N)=C(N)C1C2c1ccccc1. The van der Waals surface area contributed by atoms with E-state index in [4.69, 9.17) is 20.9 Å². The van der Waals surface area contributed by atoms with Crippen molar-refractivity contribution in [3.63, 3.8) is 0 Å². The molecule has 0 fully saturated rings. The fourth-order valence-electron chi connectivity index (χ4n) is 3.87. The first kappa shape index (κ1) is 16.1. The number of nitrogens with two attached hydrogens (primary N) is 2. The highest BCUT2D eigenvalue weighted by Crippen LogP contribution is 2.49. The van der Waals surface area contributed by atoms with Crippen molar-refractivity contribution >= 4 is 0 Å². The molecule has 4 rings (SSSR count). The first-order chi connectivity index (χ1) is 12.6. The molecule has 0 aromatic heterocycles. The molecule has 0 radical (unpaired) electrons. The fourth-order valence-corrected chi connectivity index (χ4v) is 3.87. The fraction of sp³-hybridized carbons (Fsp3) is 0.190. The Labute approximate surface area is 152 Å². The summed E-state index contributed by atoms with van der Waals surface area (Å²) in [7, 11) is 1.63. The lowest BCUT2D eigenvalue weighted by Gasteiger charge is -2.41. The summed E-state index contributed by atoms with van der Waals surface area (Å²) in [6.45, 7) is 0. The van der Waals surface area contributed by atoms with Crippen LogP contribution in [0, 0.1) is 17.2 Å². The Balaban J connectivity index is 1.94. The maximum Gasteiger partial charge on any atom is 0.128 e. The van der Waals surface area contributed by atoms with Gasteiger partial charge >= 0.3 is 0 Å². The van der Waals surface area contributed by atoms with Crippen molar-refractivity contribution in [3.05, 3.63) is 82.7 Å². The van der Waals surface area contributed by atoms with Gasteiger partial charge < -0.3 is 20.9 Å². The molecule has 4 N–H and O–H groups in total. The molecule has 130 valence electrons. The zero-order valence-electron chi connectivity index (χ0n) is 14.3. The van der Waals surface area contributed by atoms with Crippen LogP contribution in [0.2, 0.25) is 0 Å². The molecule has 1 heterocycles. The van der Waals surface area contributed by atoms with Gasteiger partial charge in [-0.3, -0.25) is 0 Å². The van der Waals surface area contributed by atoms with Crippen LogP contribution in [-0.4, -0.2) is 13.2 Å². The summed E-state index contributed by atoms with van der Waals surface area (Å²) in [6, 6.07) is 18.1. The Bertz CT molecular complexity index is 957. The number of nitrogens with zero attached hydrogens (tertiary/aromatic N) is 1. The second-order valence-corrected chi connectivity index (χ2v) is 6.46. The van der Waals surface area contributed by atoms with Gasteiger partial charge in [0.05, 0.1) is 24.3 Å². The molecule has 0 saturated heterocycles. The van der Waals surface area contributed by atoms with E-state index in [9.17, 15) is 5.26 Å². The molecule has 0 amide bonds. The molecule has 0 spiro atoms. The van der Waals surface area contributed by atoms with Gasteiger partial charge in [0.2, 0.25) is 0 Å². The van der Waals surface area contributed by atoms with Crippen LogP contribution in [-0.2, 0) is 0 Å². The summed E-state index contributed by atoms with van der Waals surface area (Å²) in [4.78, 5) is 0. The summed E-state index contributed by atoms with van der Waals surface area (Å²) in [5, 5.41) is 9.48. The van der Waals surface area contributed by atoms with Crippen molar-refractivity contribution in [3.8, 4) is 17.6 Å². The molecule has 5 nitrogen and oxygen atoms in total. The van der Waals surface area contributed by atoms with Gasteiger partial charge in [-0.2, -0.15) is 5.26 Å². The number of hydrogen-bond donors (Lipinski definition) is 2. The van der Waals surface area contributed by atoms with E-state index in [0.717, 1.165) is 22.6 Å². The van der Waals surface area contributed by atoms with Crippen LogP contribution in [0.4, 0.5) is 0 Å². The second-order valence-electron chi connectivity index (χ2n) is 6.46. The maximum atomic E-state index is 9.48. The third-order valence-electron chi connectivity index (χ3n) is 5.08. The summed E-state index contributed by atoms with van der Waals surface area (Å²) in [5.74, 6) is 1.24. The van der Waals surface area contributed by atoms with Crippen LogP contribution >= 0.6 is 0 Å². The predicted octanol–water partition coefficient (Wildman–Crippen LogP) is 2.80. The normalized spacial score (nSPS) is 23.8. The van der Waals surface area contributed by atoms with Crippen LogP contribution in [0.5, 0.6) is 11.5 Å². The molecule has 2 aromatic carbocycles. The minimum absolute atomic E-state index is 0.0384. The van der Waals surface area contributed by atoms with Crippen molar-refractivity contribution in [2.75, 3.05) is 7.11 Å². The minimum Gasteiger partial charge on any atom is -0.497 e. The average molecular weight is 345 g/mol. The van der Waals surface area contributed by atoms with Gasteiger partial charge in [-0.1, -0.05) is 36.4 Å². The number of ether oxygens (including phenoxy) is 2. The highest BCUT2D eigenvalue weighted by Gasteiger charge is 2.43. The number of methoxy groups -OCH3 is 1. The molecule has 2 aromatic rings. The summed E-state index contributed by atoms with van der Waals surface area (Å²) >= 11 is 0. The van der Waals surface area contributed by atoms with Gasteiger partial charge in [0.25, 0.3) is 0 Å². The number of hydrogen-bond acceptors (Lipinski definition) is 5. The van der Waals surface area contributed by atoms with E-state index < -0.39 is 0 Å². The summed E-state index contributed by atoms with van der Waals surface area (Å²) in [5.41, 5.74) is 15.8. The lowest BCUT2D eigenvalue weighted by molar-refractivity contribution is 0.155. The van der Waals surface area contributed by atoms with Crippen LogP contribution in [0.15, 0.2) is 71.6 Å². The van der Waals surface area contributed by atoms with Crippen molar-refractivity contribution in [2.45, 2.75) is 12.0 Å². The maximum absolute atomic E-state index is 9.48. The largest absolute Gasteiger partial charge is 0.497 e. The van der Waals surface area contributed by atoms with Gasteiger partial charge in [-0.15, -0.1) is 0 Å². The van der Waals surface area contributed by atoms with E-state index in [1.807, 2.05) is 36.4 Å². The monoisotopic (exact) mass is 345 g/mol. The van der Waals surface area contributed by atoms with Crippen molar-refractivity contribution < 1.29 is 9.47 Å². The van der Waals surface area contributed by atoms with Gasteiger partial charge in [-0.05, 0) is 17.7 Å². The van der Waals surface area contributed by atoms with Crippen LogP contribution in [0.3, 0.4) is 0 Å². The summed E-state index contributed by atoms with van der Waals surface area (Å²) < 4.78 is 11.5.